The Morgan fingerprint density at radius 2 is 1.58 bits per heavy atom. The highest BCUT2D eigenvalue weighted by Crippen LogP contribution is 2.05. The van der Waals surface area contributed by atoms with E-state index >= 15 is 0 Å². The number of allylic oxidation sites excluding steroid dienone is 2. The van der Waals surface area contributed by atoms with Gasteiger partial charge in [0, 0.05) is 5.54 Å². The molecule has 0 bridgehead atoms. The summed E-state index contributed by atoms with van der Waals surface area (Å²) in [4.78, 5) is 3.65. The first-order chi connectivity index (χ1) is 5.49. The maximum Gasteiger partial charge on any atom is 0.116 e. The topological polar surface area (TPSA) is 12.0 Å². The number of hydrogen-bond donors (Lipinski definition) is 1. The van der Waals surface area contributed by atoms with E-state index in [0.29, 0.717) is 0 Å². The minimum absolute atomic E-state index is 0.239. The molecule has 0 rings (SSSR count). The van der Waals surface area contributed by atoms with Crippen LogP contribution in [0.5, 0.6) is 0 Å². The van der Waals surface area contributed by atoms with Crippen LogP contribution >= 0.6 is 0 Å². The third-order valence-corrected chi connectivity index (χ3v) is 4.62. The third kappa shape index (κ3) is 6.37. The minimum Gasteiger partial charge on any atom is -0.334 e. The average molecular weight is 183 g/mol. The SMILES string of the molecule is C=CC[SiH](CC=C)NC(C)(C)C. The molecule has 1 nitrogen and oxygen atoms in total. The molecule has 0 spiro atoms. The Kier molecular flexibility index (Phi) is 5.18. The molecule has 0 saturated heterocycles. The molecule has 0 heterocycles. The molecule has 0 aromatic rings. The van der Waals surface area contributed by atoms with Gasteiger partial charge in [0.05, 0.1) is 0 Å². The molecule has 0 unspecified atom stereocenters. The maximum absolute atomic E-state index is 3.77. The molecule has 0 aliphatic rings. The lowest BCUT2D eigenvalue weighted by molar-refractivity contribution is 0.517. The van der Waals surface area contributed by atoms with Gasteiger partial charge in [0.1, 0.15) is 8.96 Å². The second kappa shape index (κ2) is 5.33. The summed E-state index contributed by atoms with van der Waals surface area (Å²) < 4.78 is 0. The van der Waals surface area contributed by atoms with Crippen molar-refractivity contribution in [2.75, 3.05) is 0 Å². The van der Waals surface area contributed by atoms with Gasteiger partial charge in [0.25, 0.3) is 0 Å². The summed E-state index contributed by atoms with van der Waals surface area (Å²) in [7, 11) is -0.845. The van der Waals surface area contributed by atoms with E-state index in [9.17, 15) is 0 Å². The van der Waals surface area contributed by atoms with E-state index in [1.807, 2.05) is 12.2 Å². The first-order valence-electron chi connectivity index (χ1n) is 4.49. The van der Waals surface area contributed by atoms with Crippen molar-refractivity contribution < 1.29 is 0 Å². The van der Waals surface area contributed by atoms with E-state index in [4.69, 9.17) is 0 Å². The molecule has 1 N–H and O–H groups in total. The smallest absolute Gasteiger partial charge is 0.116 e. The molecule has 0 amide bonds. The standard InChI is InChI=1S/C10H21NSi/c1-6-8-12(9-7-2)11-10(3,4)5/h6-7,11-12H,1-2,8-9H2,3-5H3. The van der Waals surface area contributed by atoms with Crippen molar-refractivity contribution in [3.05, 3.63) is 25.3 Å². The Balaban J connectivity index is 3.93. The fourth-order valence-corrected chi connectivity index (χ4v) is 3.69. The highest BCUT2D eigenvalue weighted by molar-refractivity contribution is 6.57. The predicted molar refractivity (Wildman–Crippen MR) is 60.0 cm³/mol. The predicted octanol–water partition coefficient (Wildman–Crippen LogP) is 2.47. The molecule has 12 heavy (non-hydrogen) atoms. The quantitative estimate of drug-likeness (QED) is 0.510. The van der Waals surface area contributed by atoms with Crippen LogP contribution in [0.25, 0.3) is 0 Å². The lowest BCUT2D eigenvalue weighted by Gasteiger charge is -2.26. The van der Waals surface area contributed by atoms with Gasteiger partial charge in [-0.05, 0) is 32.9 Å². The Bertz CT molecular complexity index is 136. The van der Waals surface area contributed by atoms with E-state index in [-0.39, 0.29) is 5.54 Å². The summed E-state index contributed by atoms with van der Waals surface area (Å²) in [6.07, 6.45) is 4.03. The van der Waals surface area contributed by atoms with Gasteiger partial charge >= 0.3 is 0 Å². The summed E-state index contributed by atoms with van der Waals surface area (Å²) in [5, 5.41) is 0. The normalized spacial score (nSPS) is 11.7. The zero-order valence-corrected chi connectivity index (χ0v) is 9.72. The van der Waals surface area contributed by atoms with E-state index in [2.05, 4.69) is 38.9 Å². The lowest BCUT2D eigenvalue weighted by Crippen LogP contribution is -2.46. The van der Waals surface area contributed by atoms with Gasteiger partial charge in [-0.1, -0.05) is 12.2 Å². The van der Waals surface area contributed by atoms with E-state index in [0.717, 1.165) is 12.1 Å². The summed E-state index contributed by atoms with van der Waals surface area (Å²) in [5.74, 6) is 0. The first kappa shape index (κ1) is 11.7. The highest BCUT2D eigenvalue weighted by atomic mass is 28.3. The van der Waals surface area contributed by atoms with E-state index in [1.165, 1.54) is 0 Å². The molecule has 0 fully saturated rings. The van der Waals surface area contributed by atoms with Gasteiger partial charge in [-0.25, -0.2) is 0 Å². The summed E-state index contributed by atoms with van der Waals surface area (Å²) in [5.41, 5.74) is 0.239. The zero-order valence-electron chi connectivity index (χ0n) is 8.56. The number of hydrogen-bond acceptors (Lipinski definition) is 1. The minimum atomic E-state index is -0.845. The fourth-order valence-electron chi connectivity index (χ4n) is 1.23. The van der Waals surface area contributed by atoms with E-state index in [1.54, 1.807) is 0 Å². The molecule has 0 saturated carbocycles. The van der Waals surface area contributed by atoms with Crippen LogP contribution in [-0.4, -0.2) is 14.5 Å². The van der Waals surface area contributed by atoms with Crippen molar-refractivity contribution in [1.82, 2.24) is 4.98 Å². The van der Waals surface area contributed by atoms with Crippen molar-refractivity contribution in [1.29, 1.82) is 0 Å². The monoisotopic (exact) mass is 183 g/mol. The molecular weight excluding hydrogens is 162 g/mol. The van der Waals surface area contributed by atoms with Crippen LogP contribution in [0.3, 0.4) is 0 Å². The van der Waals surface area contributed by atoms with Crippen molar-refractivity contribution in [3.63, 3.8) is 0 Å². The van der Waals surface area contributed by atoms with Crippen molar-refractivity contribution >= 4 is 8.96 Å². The third-order valence-electron chi connectivity index (χ3n) is 1.54. The Morgan fingerprint density at radius 3 is 1.83 bits per heavy atom. The second-order valence-corrected chi connectivity index (χ2v) is 6.77. The zero-order chi connectivity index (χ0) is 9.61. The van der Waals surface area contributed by atoms with Crippen LogP contribution < -0.4 is 4.98 Å². The Hall–Kier alpha value is -0.343. The van der Waals surface area contributed by atoms with Crippen LogP contribution in [0.1, 0.15) is 20.8 Å². The molecule has 2 heteroatoms. The molecule has 0 radical (unpaired) electrons. The average Bonchev–Trinajstić information content (AvgIpc) is 1.84. The molecule has 0 aliphatic heterocycles. The van der Waals surface area contributed by atoms with Crippen LogP contribution in [-0.2, 0) is 0 Å². The highest BCUT2D eigenvalue weighted by Gasteiger charge is 2.15. The van der Waals surface area contributed by atoms with Crippen LogP contribution in [0, 0.1) is 0 Å². The van der Waals surface area contributed by atoms with Crippen molar-refractivity contribution in [3.8, 4) is 0 Å². The molecule has 70 valence electrons. The van der Waals surface area contributed by atoms with Crippen LogP contribution in [0.4, 0.5) is 0 Å². The number of rotatable bonds is 5. The number of nitrogens with one attached hydrogen (secondary N) is 1. The summed E-state index contributed by atoms with van der Waals surface area (Å²) >= 11 is 0. The largest absolute Gasteiger partial charge is 0.334 e. The molecule has 0 aromatic carbocycles. The van der Waals surface area contributed by atoms with Gasteiger partial charge in [-0.2, -0.15) is 0 Å². The van der Waals surface area contributed by atoms with Gasteiger partial charge in [0.15, 0.2) is 0 Å². The molecular formula is C10H21NSi. The maximum atomic E-state index is 3.77. The molecule has 0 aromatic heterocycles. The van der Waals surface area contributed by atoms with Gasteiger partial charge < -0.3 is 4.98 Å². The van der Waals surface area contributed by atoms with Gasteiger partial charge in [-0.3, -0.25) is 0 Å². The van der Waals surface area contributed by atoms with Gasteiger partial charge in [0.2, 0.25) is 0 Å². The Labute approximate surface area is 78.3 Å². The van der Waals surface area contributed by atoms with Crippen LogP contribution in [0.15, 0.2) is 25.3 Å². The van der Waals surface area contributed by atoms with Gasteiger partial charge in [-0.15, -0.1) is 13.2 Å². The molecule has 0 atom stereocenters. The summed E-state index contributed by atoms with van der Waals surface area (Å²) in [6.45, 7) is 14.2. The second-order valence-electron chi connectivity index (χ2n) is 4.14. The first-order valence-corrected chi connectivity index (χ1v) is 6.70. The van der Waals surface area contributed by atoms with Crippen molar-refractivity contribution in [2.45, 2.75) is 38.4 Å². The fraction of sp³-hybridized carbons (Fsp3) is 0.600. The van der Waals surface area contributed by atoms with Crippen molar-refractivity contribution in [2.24, 2.45) is 0 Å². The van der Waals surface area contributed by atoms with E-state index < -0.39 is 8.96 Å². The molecule has 0 aliphatic carbocycles. The lowest BCUT2D eigenvalue weighted by atomic mass is 10.1. The summed E-state index contributed by atoms with van der Waals surface area (Å²) in [6, 6.07) is 2.28. The Morgan fingerprint density at radius 1 is 1.17 bits per heavy atom. The van der Waals surface area contributed by atoms with Crippen LogP contribution in [0.2, 0.25) is 12.1 Å².